The van der Waals surface area contributed by atoms with Crippen LogP contribution in [0, 0.1) is 5.92 Å². The van der Waals surface area contributed by atoms with Crippen molar-refractivity contribution in [3.8, 4) is 0 Å². The molecule has 2 amide bonds. The molecule has 0 radical (unpaired) electrons. The number of likely N-dealkylation sites (tertiary alicyclic amines) is 1. The Balaban J connectivity index is 1.24. The standard InChI is InChI=1S/C34H33N3O2/c38-32(35-21-27-16-9-15-26-14-7-8-17-29(26)27)31-34-19-18-28(37(34)23-25-12-5-2-6-13-25)20-30(34)33(39)36(31)22-24-10-3-1-4-11-24/h1-17,28,30-31H,18-23H2,(H,35,38)/t28-,30+,31-,34+/m0/s1. The SMILES string of the molecule is O=C(NCc1cccc2ccccc12)[C@@H]1N(Cc2ccccc2)C(=O)[C@H]2C[C@@H]3CC[C@@]21N3Cc1ccccc1. The maximum Gasteiger partial charge on any atom is 0.245 e. The summed E-state index contributed by atoms with van der Waals surface area (Å²) in [7, 11) is 0. The van der Waals surface area contributed by atoms with Crippen LogP contribution in [0.25, 0.3) is 10.8 Å². The molecule has 4 aromatic carbocycles. The molecule has 0 aliphatic carbocycles. The third-order valence-electron chi connectivity index (χ3n) is 9.30. The molecule has 3 saturated heterocycles. The van der Waals surface area contributed by atoms with Crippen LogP contribution in [0.2, 0.25) is 0 Å². The normalized spacial score (nSPS) is 25.8. The molecule has 39 heavy (non-hydrogen) atoms. The lowest BCUT2D eigenvalue weighted by Gasteiger charge is -2.40. The molecule has 1 N–H and O–H groups in total. The van der Waals surface area contributed by atoms with Crippen molar-refractivity contribution in [2.45, 2.75) is 56.5 Å². The fraction of sp³-hybridized carbons (Fsp3) is 0.294. The highest BCUT2D eigenvalue weighted by molar-refractivity contribution is 5.96. The Morgan fingerprint density at radius 3 is 2.26 bits per heavy atom. The van der Waals surface area contributed by atoms with Gasteiger partial charge in [0.1, 0.15) is 6.04 Å². The quantitative estimate of drug-likeness (QED) is 0.364. The van der Waals surface area contributed by atoms with Crippen molar-refractivity contribution in [2.75, 3.05) is 0 Å². The second kappa shape index (κ2) is 9.65. The van der Waals surface area contributed by atoms with E-state index >= 15 is 0 Å². The van der Waals surface area contributed by atoms with E-state index in [9.17, 15) is 9.59 Å². The zero-order valence-corrected chi connectivity index (χ0v) is 22.0. The molecule has 3 heterocycles. The van der Waals surface area contributed by atoms with Crippen LogP contribution < -0.4 is 5.32 Å². The number of rotatable bonds is 7. The van der Waals surface area contributed by atoms with Crippen LogP contribution in [0.5, 0.6) is 0 Å². The molecule has 196 valence electrons. The molecule has 0 aromatic heterocycles. The Morgan fingerprint density at radius 2 is 1.49 bits per heavy atom. The Hall–Kier alpha value is -3.96. The van der Waals surface area contributed by atoms with Gasteiger partial charge in [0, 0.05) is 25.7 Å². The van der Waals surface area contributed by atoms with Crippen LogP contribution >= 0.6 is 0 Å². The third-order valence-corrected chi connectivity index (χ3v) is 9.30. The number of hydrogen-bond acceptors (Lipinski definition) is 3. The average Bonchev–Trinajstić information content (AvgIpc) is 3.56. The van der Waals surface area contributed by atoms with Gasteiger partial charge in [0.25, 0.3) is 0 Å². The lowest BCUT2D eigenvalue weighted by Crippen LogP contribution is -2.59. The summed E-state index contributed by atoms with van der Waals surface area (Å²) in [6, 6.07) is 34.8. The molecule has 0 unspecified atom stereocenters. The molecule has 5 heteroatoms. The summed E-state index contributed by atoms with van der Waals surface area (Å²) in [5, 5.41) is 5.59. The van der Waals surface area contributed by atoms with Crippen molar-refractivity contribution in [3.05, 3.63) is 120 Å². The van der Waals surface area contributed by atoms with Gasteiger partial charge in [-0.05, 0) is 46.7 Å². The van der Waals surface area contributed by atoms with E-state index in [-0.39, 0.29) is 17.7 Å². The molecule has 1 spiro atoms. The second-order valence-electron chi connectivity index (χ2n) is 11.3. The highest BCUT2D eigenvalue weighted by Crippen LogP contribution is 2.58. The van der Waals surface area contributed by atoms with Crippen molar-refractivity contribution < 1.29 is 9.59 Å². The number of carbonyl (C=O) groups is 2. The van der Waals surface area contributed by atoms with Crippen LogP contribution in [0.1, 0.15) is 36.0 Å². The first-order valence-electron chi connectivity index (χ1n) is 14.0. The first kappa shape index (κ1) is 24.1. The summed E-state index contributed by atoms with van der Waals surface area (Å²) < 4.78 is 0. The minimum absolute atomic E-state index is 0.0460. The molecule has 4 aromatic rings. The van der Waals surface area contributed by atoms with E-state index < -0.39 is 11.6 Å². The van der Waals surface area contributed by atoms with Crippen molar-refractivity contribution >= 4 is 22.6 Å². The van der Waals surface area contributed by atoms with Gasteiger partial charge < -0.3 is 10.2 Å². The van der Waals surface area contributed by atoms with Crippen LogP contribution in [-0.2, 0) is 29.2 Å². The van der Waals surface area contributed by atoms with Gasteiger partial charge in [-0.2, -0.15) is 0 Å². The number of benzene rings is 4. The number of carbonyl (C=O) groups excluding carboxylic acids is 2. The third kappa shape index (κ3) is 3.95. The molecule has 3 fully saturated rings. The summed E-state index contributed by atoms with van der Waals surface area (Å²) >= 11 is 0. The maximum atomic E-state index is 14.3. The summed E-state index contributed by atoms with van der Waals surface area (Å²) in [4.78, 5) is 32.7. The molecule has 0 saturated carbocycles. The summed E-state index contributed by atoms with van der Waals surface area (Å²) in [5.74, 6) is -0.0586. The first-order valence-corrected chi connectivity index (χ1v) is 14.0. The predicted molar refractivity (Wildman–Crippen MR) is 152 cm³/mol. The summed E-state index contributed by atoms with van der Waals surface area (Å²) in [5.41, 5.74) is 2.90. The number of amides is 2. The van der Waals surface area contributed by atoms with Crippen molar-refractivity contribution in [2.24, 2.45) is 5.92 Å². The van der Waals surface area contributed by atoms with Gasteiger partial charge in [-0.25, -0.2) is 0 Å². The average molecular weight is 516 g/mol. The molecule has 3 aliphatic heterocycles. The number of nitrogens with one attached hydrogen (secondary N) is 1. The number of fused-ring (bicyclic) bond motifs is 2. The van der Waals surface area contributed by atoms with E-state index in [0.29, 0.717) is 19.1 Å². The number of hydrogen-bond donors (Lipinski definition) is 1. The lowest BCUT2D eigenvalue weighted by atomic mass is 9.75. The van der Waals surface area contributed by atoms with Crippen molar-refractivity contribution in [1.82, 2.24) is 15.1 Å². The van der Waals surface area contributed by atoms with Gasteiger partial charge >= 0.3 is 0 Å². The summed E-state index contributed by atoms with van der Waals surface area (Å²) in [6.45, 7) is 1.66. The first-order chi connectivity index (χ1) is 19.1. The molecule has 3 aliphatic rings. The van der Waals surface area contributed by atoms with Gasteiger partial charge in [-0.3, -0.25) is 14.5 Å². The van der Waals surface area contributed by atoms with Crippen LogP contribution in [-0.4, -0.2) is 39.2 Å². The molecular weight excluding hydrogens is 482 g/mol. The monoisotopic (exact) mass is 515 g/mol. The molecule has 2 bridgehead atoms. The number of nitrogens with zero attached hydrogens (tertiary/aromatic N) is 2. The predicted octanol–water partition coefficient (Wildman–Crippen LogP) is 5.29. The van der Waals surface area contributed by atoms with E-state index in [4.69, 9.17) is 0 Å². The van der Waals surface area contributed by atoms with Gasteiger partial charge in [-0.1, -0.05) is 103 Å². The fourth-order valence-corrected chi connectivity index (χ4v) is 7.63. The molecule has 7 rings (SSSR count). The zero-order chi connectivity index (χ0) is 26.4. The van der Waals surface area contributed by atoms with Gasteiger partial charge in [0.2, 0.25) is 11.8 Å². The fourth-order valence-electron chi connectivity index (χ4n) is 7.63. The van der Waals surface area contributed by atoms with Crippen LogP contribution in [0.4, 0.5) is 0 Å². The van der Waals surface area contributed by atoms with Gasteiger partial charge in [0.05, 0.1) is 11.5 Å². The van der Waals surface area contributed by atoms with E-state index in [1.165, 1.54) is 5.56 Å². The Labute approximate surface area is 229 Å². The Morgan fingerprint density at radius 1 is 0.821 bits per heavy atom. The molecule has 4 atom stereocenters. The topological polar surface area (TPSA) is 52.7 Å². The largest absolute Gasteiger partial charge is 0.350 e. The van der Waals surface area contributed by atoms with E-state index in [1.54, 1.807) is 0 Å². The van der Waals surface area contributed by atoms with Crippen LogP contribution in [0.3, 0.4) is 0 Å². The highest BCUT2D eigenvalue weighted by Gasteiger charge is 2.71. The van der Waals surface area contributed by atoms with E-state index in [1.807, 2.05) is 59.5 Å². The van der Waals surface area contributed by atoms with E-state index in [0.717, 1.165) is 47.7 Å². The lowest BCUT2D eigenvalue weighted by molar-refractivity contribution is -0.138. The van der Waals surface area contributed by atoms with Crippen LogP contribution in [0.15, 0.2) is 103 Å². The second-order valence-corrected chi connectivity index (χ2v) is 11.3. The smallest absolute Gasteiger partial charge is 0.245 e. The molecular formula is C34H33N3O2. The maximum absolute atomic E-state index is 14.3. The van der Waals surface area contributed by atoms with Gasteiger partial charge in [0.15, 0.2) is 0 Å². The molecule has 5 nitrogen and oxygen atoms in total. The highest BCUT2D eigenvalue weighted by atomic mass is 16.2. The van der Waals surface area contributed by atoms with E-state index in [2.05, 4.69) is 58.7 Å². The van der Waals surface area contributed by atoms with Gasteiger partial charge in [-0.15, -0.1) is 0 Å². The summed E-state index contributed by atoms with van der Waals surface area (Å²) in [6.07, 6.45) is 2.74. The van der Waals surface area contributed by atoms with Crippen molar-refractivity contribution in [3.63, 3.8) is 0 Å². The Bertz CT molecular complexity index is 1520. The minimum atomic E-state index is -0.526. The zero-order valence-electron chi connectivity index (χ0n) is 22.0. The minimum Gasteiger partial charge on any atom is -0.350 e. The van der Waals surface area contributed by atoms with Crippen molar-refractivity contribution in [1.29, 1.82) is 0 Å². The Kier molecular flexibility index (Phi) is 5.97.